The molecular weight excluding hydrogens is 324 g/mol. The van der Waals surface area contributed by atoms with Crippen molar-refractivity contribution in [2.24, 2.45) is 34.5 Å². The van der Waals surface area contributed by atoms with Crippen molar-refractivity contribution in [1.82, 2.24) is 0 Å². The quantitative estimate of drug-likeness (QED) is 0.664. The van der Waals surface area contributed by atoms with Crippen molar-refractivity contribution in [3.8, 4) is 0 Å². The summed E-state index contributed by atoms with van der Waals surface area (Å²) in [6.07, 6.45) is 13.0. The van der Waals surface area contributed by atoms with Crippen molar-refractivity contribution in [3.05, 3.63) is 23.8 Å². The van der Waals surface area contributed by atoms with Crippen LogP contribution in [0.2, 0.25) is 0 Å². The first kappa shape index (κ1) is 18.0. The van der Waals surface area contributed by atoms with Gasteiger partial charge in [0.15, 0.2) is 0 Å². The number of carbonyl (C=O) groups excluding carboxylic acids is 2. The molecule has 0 aromatic heterocycles. The number of hydrogen-bond donors (Lipinski definition) is 0. The SMILES string of the molecule is CC(=O)O[C@@H]1C[C@H]2[C@@H]3CC[C@H](C(C)=O)[C@@]3(C)CC[C@@H]2[C@@]2(C)CC=CC=C12. The van der Waals surface area contributed by atoms with Crippen molar-refractivity contribution in [2.75, 3.05) is 0 Å². The Hall–Kier alpha value is -1.38. The Morgan fingerprint density at radius 2 is 1.88 bits per heavy atom. The van der Waals surface area contributed by atoms with Crippen LogP contribution in [-0.2, 0) is 14.3 Å². The van der Waals surface area contributed by atoms with Crippen molar-refractivity contribution >= 4 is 11.8 Å². The average Bonchev–Trinajstić information content (AvgIpc) is 2.92. The Morgan fingerprint density at radius 3 is 2.58 bits per heavy atom. The summed E-state index contributed by atoms with van der Waals surface area (Å²) in [5.74, 6) is 2.17. The Balaban J connectivity index is 1.71. The highest BCUT2D eigenvalue weighted by Gasteiger charge is 2.61. The largest absolute Gasteiger partial charge is 0.458 e. The van der Waals surface area contributed by atoms with E-state index in [4.69, 9.17) is 4.74 Å². The van der Waals surface area contributed by atoms with Gasteiger partial charge >= 0.3 is 5.97 Å². The highest BCUT2D eigenvalue weighted by molar-refractivity contribution is 5.79. The topological polar surface area (TPSA) is 43.4 Å². The molecular formula is C23H32O3. The number of hydrogen-bond acceptors (Lipinski definition) is 3. The maximum atomic E-state index is 12.3. The molecule has 0 spiro atoms. The van der Waals surface area contributed by atoms with Gasteiger partial charge in [0.25, 0.3) is 0 Å². The van der Waals surface area contributed by atoms with Gasteiger partial charge in [0.05, 0.1) is 0 Å². The lowest BCUT2D eigenvalue weighted by atomic mass is 9.46. The van der Waals surface area contributed by atoms with Crippen LogP contribution in [0.1, 0.15) is 66.2 Å². The summed E-state index contributed by atoms with van der Waals surface area (Å²) in [6.45, 7) is 8.05. The molecule has 0 amide bonds. The number of carbonyl (C=O) groups is 2. The summed E-state index contributed by atoms with van der Waals surface area (Å²) in [6, 6.07) is 0. The molecule has 4 aliphatic rings. The second-order valence-electron chi connectivity index (χ2n) is 9.67. The first-order chi connectivity index (χ1) is 12.3. The third kappa shape index (κ3) is 2.46. The minimum Gasteiger partial charge on any atom is -0.458 e. The van der Waals surface area contributed by atoms with Gasteiger partial charge in [0.2, 0.25) is 0 Å². The zero-order chi connectivity index (χ0) is 18.7. The lowest BCUT2D eigenvalue weighted by Gasteiger charge is -2.59. The van der Waals surface area contributed by atoms with E-state index < -0.39 is 0 Å². The summed E-state index contributed by atoms with van der Waals surface area (Å²) in [5.41, 5.74) is 1.55. The number of rotatable bonds is 2. The Labute approximate surface area is 157 Å². The monoisotopic (exact) mass is 356 g/mol. The molecule has 0 unspecified atom stereocenters. The van der Waals surface area contributed by atoms with E-state index in [1.165, 1.54) is 18.9 Å². The van der Waals surface area contributed by atoms with Crippen LogP contribution >= 0.6 is 0 Å². The van der Waals surface area contributed by atoms with E-state index in [0.29, 0.717) is 23.5 Å². The highest BCUT2D eigenvalue weighted by Crippen LogP contribution is 2.66. The summed E-state index contributed by atoms with van der Waals surface area (Å²) >= 11 is 0. The van der Waals surface area contributed by atoms with Crippen LogP contribution < -0.4 is 0 Å². The smallest absolute Gasteiger partial charge is 0.303 e. The van der Waals surface area contributed by atoms with Gasteiger partial charge < -0.3 is 4.74 Å². The standard InChI is InChI=1S/C23H32O3/c1-14(24)17-8-9-18-16-13-21(26-15(2)25)20-7-5-6-11-22(20,3)19(16)10-12-23(17,18)4/h5-7,16-19,21H,8-13H2,1-4H3/t16-,17+,18-,19-,21+,22+,23+/m0/s1. The molecule has 3 heteroatoms. The molecule has 3 nitrogen and oxygen atoms in total. The van der Waals surface area contributed by atoms with Crippen LogP contribution in [0.4, 0.5) is 0 Å². The predicted molar refractivity (Wildman–Crippen MR) is 101 cm³/mol. The van der Waals surface area contributed by atoms with Gasteiger partial charge in [-0.3, -0.25) is 9.59 Å². The fourth-order valence-corrected chi connectivity index (χ4v) is 7.39. The van der Waals surface area contributed by atoms with Crippen molar-refractivity contribution in [1.29, 1.82) is 0 Å². The fourth-order valence-electron chi connectivity index (χ4n) is 7.39. The second-order valence-corrected chi connectivity index (χ2v) is 9.67. The van der Waals surface area contributed by atoms with Crippen LogP contribution in [-0.4, -0.2) is 17.9 Å². The minimum absolute atomic E-state index is 0.0907. The third-order valence-electron chi connectivity index (χ3n) is 8.50. The number of esters is 1. The van der Waals surface area contributed by atoms with Crippen molar-refractivity contribution < 1.29 is 14.3 Å². The molecule has 0 aromatic rings. The molecule has 0 N–H and O–H groups in total. The molecule has 3 saturated carbocycles. The molecule has 26 heavy (non-hydrogen) atoms. The average molecular weight is 357 g/mol. The van der Waals surface area contributed by atoms with Gasteiger partial charge in [-0.25, -0.2) is 0 Å². The lowest BCUT2D eigenvalue weighted by Crippen LogP contribution is -2.54. The fraction of sp³-hybridized carbons (Fsp3) is 0.739. The van der Waals surface area contributed by atoms with Gasteiger partial charge in [-0.15, -0.1) is 0 Å². The van der Waals surface area contributed by atoms with E-state index in [0.717, 1.165) is 32.1 Å². The number of ketones is 1. The molecule has 4 rings (SSSR count). The summed E-state index contributed by atoms with van der Waals surface area (Å²) in [7, 11) is 0. The van der Waals surface area contributed by atoms with Crippen LogP contribution in [0.5, 0.6) is 0 Å². The second kappa shape index (κ2) is 6.07. The van der Waals surface area contributed by atoms with Gasteiger partial charge in [0, 0.05) is 12.8 Å². The molecule has 3 fully saturated rings. The van der Waals surface area contributed by atoms with Crippen LogP contribution in [0, 0.1) is 34.5 Å². The number of ether oxygens (including phenoxy) is 1. The van der Waals surface area contributed by atoms with E-state index in [1.807, 2.05) is 0 Å². The van der Waals surface area contributed by atoms with E-state index in [-0.39, 0.29) is 28.8 Å². The maximum absolute atomic E-state index is 12.3. The highest BCUT2D eigenvalue weighted by atomic mass is 16.5. The summed E-state index contributed by atoms with van der Waals surface area (Å²) < 4.78 is 5.82. The Kier molecular flexibility index (Phi) is 4.20. The zero-order valence-electron chi connectivity index (χ0n) is 16.6. The Morgan fingerprint density at radius 1 is 1.12 bits per heavy atom. The van der Waals surface area contributed by atoms with Gasteiger partial charge in [-0.2, -0.15) is 0 Å². The van der Waals surface area contributed by atoms with E-state index in [2.05, 4.69) is 32.1 Å². The summed E-state index contributed by atoms with van der Waals surface area (Å²) in [5, 5.41) is 0. The van der Waals surface area contributed by atoms with E-state index >= 15 is 0 Å². The molecule has 0 radical (unpaired) electrons. The predicted octanol–water partition coefficient (Wildman–Crippen LogP) is 4.86. The Bertz CT molecular complexity index is 690. The van der Waals surface area contributed by atoms with E-state index in [9.17, 15) is 9.59 Å². The number of fused-ring (bicyclic) bond motifs is 5. The van der Waals surface area contributed by atoms with Crippen LogP contribution in [0.25, 0.3) is 0 Å². The van der Waals surface area contributed by atoms with Gasteiger partial charge in [-0.1, -0.05) is 32.1 Å². The third-order valence-corrected chi connectivity index (χ3v) is 8.50. The molecule has 142 valence electrons. The van der Waals surface area contributed by atoms with Crippen LogP contribution in [0.15, 0.2) is 23.8 Å². The first-order valence-corrected chi connectivity index (χ1v) is 10.3. The van der Waals surface area contributed by atoms with Crippen molar-refractivity contribution in [2.45, 2.75) is 72.3 Å². The van der Waals surface area contributed by atoms with Gasteiger partial charge in [0.1, 0.15) is 11.9 Å². The van der Waals surface area contributed by atoms with Crippen LogP contribution in [0.3, 0.4) is 0 Å². The zero-order valence-corrected chi connectivity index (χ0v) is 16.6. The molecule has 0 aromatic carbocycles. The molecule has 7 atom stereocenters. The molecule has 0 saturated heterocycles. The molecule has 0 bridgehead atoms. The normalized spacial score (nSPS) is 46.6. The van der Waals surface area contributed by atoms with E-state index in [1.54, 1.807) is 6.92 Å². The van der Waals surface area contributed by atoms with Crippen molar-refractivity contribution in [3.63, 3.8) is 0 Å². The minimum atomic E-state index is -0.183. The molecule has 4 aliphatic carbocycles. The lowest BCUT2D eigenvalue weighted by molar-refractivity contribution is -0.152. The number of Topliss-reactive ketones (excluding diaryl/α,β-unsaturated/α-hetero) is 1. The first-order valence-electron chi connectivity index (χ1n) is 10.3. The summed E-state index contributed by atoms with van der Waals surface area (Å²) in [4.78, 5) is 24.1. The number of allylic oxidation sites excluding steroid dienone is 3. The van der Waals surface area contributed by atoms with Gasteiger partial charge in [-0.05, 0) is 79.6 Å². The molecule has 0 heterocycles. The molecule has 0 aliphatic heterocycles. The maximum Gasteiger partial charge on any atom is 0.303 e.